The molecule has 0 aliphatic heterocycles. The summed E-state index contributed by atoms with van der Waals surface area (Å²) >= 11 is 0. The van der Waals surface area contributed by atoms with Crippen molar-refractivity contribution >= 4 is 0 Å². The van der Waals surface area contributed by atoms with Crippen molar-refractivity contribution in [2.45, 2.75) is 6.42 Å². The van der Waals surface area contributed by atoms with Crippen LogP contribution in [0.3, 0.4) is 0 Å². The Balaban J connectivity index is 0.000000134. The van der Waals surface area contributed by atoms with Crippen molar-refractivity contribution in [3.05, 3.63) is 66.7 Å². The highest BCUT2D eigenvalue weighted by Crippen LogP contribution is 2.29. The van der Waals surface area contributed by atoms with Crippen LogP contribution in [-0.2, 0) is 6.42 Å². The van der Waals surface area contributed by atoms with Gasteiger partial charge in [0.05, 0.1) is 0 Å². The van der Waals surface area contributed by atoms with Gasteiger partial charge in [0, 0.05) is 0 Å². The van der Waals surface area contributed by atoms with Crippen molar-refractivity contribution in [1.29, 1.82) is 0 Å². The average Bonchev–Trinajstić information content (AvgIpc) is 2.28. The number of fused-ring (bicyclic) bond motifs is 1. The third kappa shape index (κ3) is 2.14. The molecule has 0 atom stereocenters. The highest BCUT2D eigenvalue weighted by Gasteiger charge is 2.03. The molecular weight excluding hydrogens is 196 g/mol. The summed E-state index contributed by atoms with van der Waals surface area (Å²) < 4.78 is 0. The van der Waals surface area contributed by atoms with Gasteiger partial charge in [-0.15, -0.1) is 6.58 Å². The second-order valence-corrected chi connectivity index (χ2v) is 3.70. The van der Waals surface area contributed by atoms with Crippen molar-refractivity contribution in [3.8, 4) is 16.9 Å². The lowest BCUT2D eigenvalue weighted by Gasteiger charge is -2.10. The van der Waals surface area contributed by atoms with Crippen molar-refractivity contribution in [1.82, 2.24) is 0 Å². The van der Waals surface area contributed by atoms with Crippen molar-refractivity contribution < 1.29 is 5.11 Å². The van der Waals surface area contributed by atoms with Crippen LogP contribution in [0, 0.1) is 0 Å². The normalized spacial score (nSPS) is 10.0. The van der Waals surface area contributed by atoms with Gasteiger partial charge in [0.2, 0.25) is 0 Å². The van der Waals surface area contributed by atoms with Crippen molar-refractivity contribution in [3.63, 3.8) is 0 Å². The number of allylic oxidation sites excluding steroid dienone is 1. The van der Waals surface area contributed by atoms with Gasteiger partial charge < -0.3 is 5.11 Å². The molecular formula is C15H14O. The lowest BCUT2D eigenvalue weighted by Crippen LogP contribution is -1.85. The van der Waals surface area contributed by atoms with E-state index in [1.165, 1.54) is 11.1 Å². The van der Waals surface area contributed by atoms with Crippen LogP contribution >= 0.6 is 0 Å². The monoisotopic (exact) mass is 210 g/mol. The van der Waals surface area contributed by atoms with Gasteiger partial charge in [0.15, 0.2) is 0 Å². The average molecular weight is 210 g/mol. The Kier molecular flexibility index (Phi) is 3.06. The third-order valence-corrected chi connectivity index (χ3v) is 2.57. The van der Waals surface area contributed by atoms with Crippen LogP contribution in [0.2, 0.25) is 0 Å². The first kappa shape index (κ1) is 10.5. The number of benzene rings is 2. The molecule has 2 aliphatic carbocycles. The van der Waals surface area contributed by atoms with Gasteiger partial charge in [0.25, 0.3) is 0 Å². The first-order valence-electron chi connectivity index (χ1n) is 5.29. The summed E-state index contributed by atoms with van der Waals surface area (Å²) in [5.74, 6) is 0.349. The minimum absolute atomic E-state index is 0.349. The Bertz CT molecular complexity index is 462. The number of hydrogen-bond acceptors (Lipinski definition) is 1. The maximum Gasteiger partial charge on any atom is 0.119 e. The second-order valence-electron chi connectivity index (χ2n) is 3.70. The van der Waals surface area contributed by atoms with E-state index in [4.69, 9.17) is 0 Å². The molecule has 1 nitrogen and oxygen atoms in total. The Morgan fingerprint density at radius 3 is 1.88 bits per heavy atom. The number of phenols is 1. The zero-order valence-electron chi connectivity index (χ0n) is 9.06. The number of phenolic OH excluding ortho intramolecular Hbond substituents is 1. The number of rotatable bonds is 2. The molecule has 0 radical (unpaired) electrons. The summed E-state index contributed by atoms with van der Waals surface area (Å²) in [6.07, 6.45) is 2.50. The van der Waals surface area contributed by atoms with Crippen LogP contribution in [0.25, 0.3) is 11.1 Å². The fourth-order valence-electron chi connectivity index (χ4n) is 1.50. The highest BCUT2D eigenvalue weighted by molar-refractivity contribution is 5.75. The fraction of sp³-hybridized carbons (Fsp3) is 0.0667. The topological polar surface area (TPSA) is 20.2 Å². The molecule has 0 saturated carbocycles. The van der Waals surface area contributed by atoms with Crippen LogP contribution in [0.1, 0.15) is 5.56 Å². The first-order chi connectivity index (χ1) is 7.81. The quantitative estimate of drug-likeness (QED) is 0.638. The predicted molar refractivity (Wildman–Crippen MR) is 67.4 cm³/mol. The van der Waals surface area contributed by atoms with Crippen LogP contribution < -0.4 is 0 Å². The summed E-state index contributed by atoms with van der Waals surface area (Å²) in [6.45, 7) is 3.59. The summed E-state index contributed by atoms with van der Waals surface area (Å²) in [7, 11) is 0. The van der Waals surface area contributed by atoms with E-state index in [1.54, 1.807) is 12.1 Å². The number of hydrogen-bond donors (Lipinski definition) is 1. The van der Waals surface area contributed by atoms with E-state index in [1.807, 2.05) is 18.2 Å². The maximum absolute atomic E-state index is 9.19. The van der Waals surface area contributed by atoms with Crippen molar-refractivity contribution in [2.75, 3.05) is 0 Å². The lowest BCUT2D eigenvalue weighted by molar-refractivity contribution is 0.470. The molecule has 0 aromatic heterocycles. The standard InChI is InChI=1S/C9H10O.C6H4/c1-2-5-8-6-3-4-7-9(8)10;1-2-6-4-3-5(1)6/h2-4,6-7,10H,1,5H2;1-4H. The van der Waals surface area contributed by atoms with E-state index >= 15 is 0 Å². The van der Waals surface area contributed by atoms with Crippen LogP contribution in [-0.4, -0.2) is 5.11 Å². The highest BCUT2D eigenvalue weighted by atomic mass is 16.3. The van der Waals surface area contributed by atoms with E-state index in [0.717, 1.165) is 12.0 Å². The van der Waals surface area contributed by atoms with Crippen LogP contribution in [0.15, 0.2) is 61.2 Å². The van der Waals surface area contributed by atoms with Gasteiger partial charge in [-0.3, -0.25) is 0 Å². The van der Waals surface area contributed by atoms with E-state index in [0.29, 0.717) is 5.75 Å². The Hall–Kier alpha value is -2.02. The molecule has 0 bridgehead atoms. The summed E-state index contributed by atoms with van der Waals surface area (Å²) in [4.78, 5) is 0. The van der Waals surface area contributed by atoms with E-state index in [9.17, 15) is 5.11 Å². The van der Waals surface area contributed by atoms with Gasteiger partial charge in [-0.2, -0.15) is 0 Å². The zero-order valence-corrected chi connectivity index (χ0v) is 9.06. The van der Waals surface area contributed by atoms with Crippen LogP contribution in [0.5, 0.6) is 5.75 Å². The summed E-state index contributed by atoms with van der Waals surface area (Å²) in [6, 6.07) is 15.8. The molecule has 0 heterocycles. The number of para-hydroxylation sites is 1. The van der Waals surface area contributed by atoms with E-state index in [2.05, 4.69) is 30.8 Å². The summed E-state index contributed by atoms with van der Waals surface area (Å²) in [5, 5.41) is 9.19. The van der Waals surface area contributed by atoms with Gasteiger partial charge in [-0.25, -0.2) is 0 Å². The molecule has 3 rings (SSSR count). The molecule has 1 aromatic rings. The SMILES string of the molecule is C=CCc1ccccc1O.c1cc2ccc1-2. The lowest BCUT2D eigenvalue weighted by atomic mass is 9.95. The molecule has 1 N–H and O–H groups in total. The minimum Gasteiger partial charge on any atom is -0.508 e. The van der Waals surface area contributed by atoms with E-state index in [-0.39, 0.29) is 0 Å². The van der Waals surface area contributed by atoms with E-state index < -0.39 is 0 Å². The molecule has 0 amide bonds. The van der Waals surface area contributed by atoms with Gasteiger partial charge in [0.1, 0.15) is 5.75 Å². The molecule has 1 aromatic carbocycles. The van der Waals surface area contributed by atoms with Crippen molar-refractivity contribution in [2.24, 2.45) is 0 Å². The Morgan fingerprint density at radius 2 is 1.50 bits per heavy atom. The predicted octanol–water partition coefficient (Wildman–Crippen LogP) is 3.79. The molecule has 0 unspecified atom stereocenters. The number of aromatic hydroxyl groups is 1. The van der Waals surface area contributed by atoms with Crippen LogP contribution in [0.4, 0.5) is 0 Å². The molecule has 0 spiro atoms. The molecule has 80 valence electrons. The molecule has 0 saturated heterocycles. The Labute approximate surface area is 95.7 Å². The zero-order chi connectivity index (χ0) is 11.4. The second kappa shape index (κ2) is 4.67. The Morgan fingerprint density at radius 1 is 0.938 bits per heavy atom. The minimum atomic E-state index is 0.349. The van der Waals surface area contributed by atoms with Gasteiger partial charge in [-0.1, -0.05) is 48.5 Å². The molecule has 1 heteroatoms. The largest absolute Gasteiger partial charge is 0.508 e. The molecule has 2 aliphatic rings. The third-order valence-electron chi connectivity index (χ3n) is 2.57. The smallest absolute Gasteiger partial charge is 0.119 e. The molecule has 16 heavy (non-hydrogen) atoms. The van der Waals surface area contributed by atoms with Gasteiger partial charge >= 0.3 is 0 Å². The molecule has 0 fully saturated rings. The fourth-order valence-corrected chi connectivity index (χ4v) is 1.50. The summed E-state index contributed by atoms with van der Waals surface area (Å²) in [5.41, 5.74) is 3.78. The van der Waals surface area contributed by atoms with Gasteiger partial charge in [-0.05, 0) is 29.2 Å². The first-order valence-corrected chi connectivity index (χ1v) is 5.29. The maximum atomic E-state index is 9.19.